The molecule has 0 aliphatic carbocycles. The number of rotatable bonds is 4. The van der Waals surface area contributed by atoms with Crippen molar-refractivity contribution in [2.75, 3.05) is 6.61 Å². The van der Waals surface area contributed by atoms with Gasteiger partial charge in [0.1, 0.15) is 5.75 Å². The molecule has 2 aromatic rings. The van der Waals surface area contributed by atoms with Gasteiger partial charge < -0.3 is 4.74 Å². The molecule has 0 radical (unpaired) electrons. The number of aromatic amines is 1. The van der Waals surface area contributed by atoms with Crippen LogP contribution in [0.2, 0.25) is 0 Å². The Kier molecular flexibility index (Phi) is 3.99. The van der Waals surface area contributed by atoms with Crippen molar-refractivity contribution < 1.29 is 4.74 Å². The fraction of sp³-hybridized carbons (Fsp3) is 0.231. The molecule has 2 rings (SSSR count). The Morgan fingerprint density at radius 1 is 1.39 bits per heavy atom. The lowest BCUT2D eigenvalue weighted by atomic mass is 10.1. The zero-order valence-corrected chi connectivity index (χ0v) is 10.7. The molecule has 1 aromatic heterocycles. The highest BCUT2D eigenvalue weighted by Crippen LogP contribution is 2.27. The van der Waals surface area contributed by atoms with Crippen molar-refractivity contribution in [1.29, 1.82) is 0 Å². The summed E-state index contributed by atoms with van der Waals surface area (Å²) in [6, 6.07) is 9.23. The molecule has 0 spiro atoms. The van der Waals surface area contributed by atoms with E-state index < -0.39 is 0 Å². The maximum Gasteiger partial charge on any atom is 0.268 e. The Hall–Kier alpha value is -1.81. The minimum atomic E-state index is -0.261. The fourth-order valence-electron chi connectivity index (χ4n) is 1.64. The highest BCUT2D eigenvalue weighted by molar-refractivity contribution is 6.17. The summed E-state index contributed by atoms with van der Waals surface area (Å²) in [5.74, 6) is 0.891. The van der Waals surface area contributed by atoms with Crippen molar-refractivity contribution >= 4 is 11.6 Å². The first kappa shape index (κ1) is 12.6. The predicted octanol–water partition coefficient (Wildman–Crippen LogP) is 2.57. The van der Waals surface area contributed by atoms with Gasteiger partial charge in [0.25, 0.3) is 5.56 Å². The number of H-pyrrole nitrogens is 1. The van der Waals surface area contributed by atoms with Gasteiger partial charge >= 0.3 is 0 Å². The van der Waals surface area contributed by atoms with E-state index in [0.717, 1.165) is 11.3 Å². The first-order chi connectivity index (χ1) is 8.76. The normalized spacial score (nSPS) is 10.3. The minimum Gasteiger partial charge on any atom is -0.493 e. The summed E-state index contributed by atoms with van der Waals surface area (Å²) in [6.45, 7) is 2.49. The summed E-state index contributed by atoms with van der Waals surface area (Å²) in [7, 11) is 0. The van der Waals surface area contributed by atoms with Gasteiger partial charge in [0.15, 0.2) is 0 Å². The third kappa shape index (κ3) is 2.54. The molecule has 0 fully saturated rings. The Bertz CT molecular complexity index is 596. The summed E-state index contributed by atoms with van der Waals surface area (Å²) in [6.07, 6.45) is 0. The van der Waals surface area contributed by atoms with Gasteiger partial charge in [-0.15, -0.1) is 11.6 Å². The molecule has 1 N–H and O–H groups in total. The van der Waals surface area contributed by atoms with E-state index >= 15 is 0 Å². The third-order valence-corrected chi connectivity index (χ3v) is 2.78. The Balaban J connectivity index is 2.51. The Morgan fingerprint density at radius 3 is 2.89 bits per heavy atom. The smallest absolute Gasteiger partial charge is 0.268 e. The van der Waals surface area contributed by atoms with E-state index in [2.05, 4.69) is 10.2 Å². The van der Waals surface area contributed by atoms with Crippen molar-refractivity contribution in [3.05, 3.63) is 46.2 Å². The average molecular weight is 265 g/mol. The van der Waals surface area contributed by atoms with E-state index in [0.29, 0.717) is 17.9 Å². The molecule has 0 unspecified atom stereocenters. The van der Waals surface area contributed by atoms with Crippen molar-refractivity contribution in [3.8, 4) is 17.0 Å². The average Bonchev–Trinajstić information content (AvgIpc) is 2.40. The molecule has 0 saturated carbocycles. The first-order valence-electron chi connectivity index (χ1n) is 5.63. The molecule has 0 saturated heterocycles. The molecule has 1 heterocycles. The zero-order chi connectivity index (χ0) is 13.0. The number of ether oxygens (including phenoxy) is 1. The van der Waals surface area contributed by atoms with Crippen LogP contribution in [0.15, 0.2) is 35.1 Å². The molecule has 4 nitrogen and oxygen atoms in total. The van der Waals surface area contributed by atoms with Crippen molar-refractivity contribution in [2.24, 2.45) is 0 Å². The number of para-hydroxylation sites is 1. The summed E-state index contributed by atoms with van der Waals surface area (Å²) in [5.41, 5.74) is 1.71. The molecular weight excluding hydrogens is 252 g/mol. The van der Waals surface area contributed by atoms with Gasteiger partial charge in [-0.3, -0.25) is 4.79 Å². The van der Waals surface area contributed by atoms with Gasteiger partial charge in [-0.1, -0.05) is 12.1 Å². The van der Waals surface area contributed by atoms with Crippen LogP contribution in [0.4, 0.5) is 0 Å². The van der Waals surface area contributed by atoms with Gasteiger partial charge in [0.2, 0.25) is 0 Å². The Labute approximate surface area is 110 Å². The van der Waals surface area contributed by atoms with Gasteiger partial charge in [-0.25, -0.2) is 5.10 Å². The lowest BCUT2D eigenvalue weighted by Gasteiger charge is -2.09. The maximum absolute atomic E-state index is 11.4. The molecule has 1 aromatic carbocycles. The summed E-state index contributed by atoms with van der Waals surface area (Å²) >= 11 is 5.71. The third-order valence-electron chi connectivity index (χ3n) is 2.49. The molecule has 0 atom stereocenters. The van der Waals surface area contributed by atoms with E-state index in [-0.39, 0.29) is 11.4 Å². The monoisotopic (exact) mass is 264 g/mol. The van der Waals surface area contributed by atoms with Crippen LogP contribution in [0.25, 0.3) is 11.3 Å². The summed E-state index contributed by atoms with van der Waals surface area (Å²) in [4.78, 5) is 11.4. The van der Waals surface area contributed by atoms with E-state index in [1.165, 1.54) is 0 Å². The number of hydrogen-bond donors (Lipinski definition) is 1. The Morgan fingerprint density at radius 2 is 2.17 bits per heavy atom. The van der Waals surface area contributed by atoms with Gasteiger partial charge in [-0.05, 0) is 25.1 Å². The lowest BCUT2D eigenvalue weighted by Crippen LogP contribution is -2.13. The van der Waals surface area contributed by atoms with E-state index in [1.807, 2.05) is 31.2 Å². The number of nitrogens with one attached hydrogen (secondary N) is 1. The summed E-state index contributed by atoms with van der Waals surface area (Å²) < 4.78 is 5.53. The highest BCUT2D eigenvalue weighted by atomic mass is 35.5. The van der Waals surface area contributed by atoms with Crippen LogP contribution in [-0.4, -0.2) is 16.8 Å². The number of halogens is 1. The van der Waals surface area contributed by atoms with Gasteiger partial charge in [0.05, 0.1) is 18.2 Å². The topological polar surface area (TPSA) is 55.0 Å². The number of benzene rings is 1. The van der Waals surface area contributed by atoms with Crippen LogP contribution in [-0.2, 0) is 5.88 Å². The second-order valence-electron chi connectivity index (χ2n) is 3.67. The molecule has 0 aliphatic heterocycles. The second-order valence-corrected chi connectivity index (χ2v) is 3.94. The molecule has 94 valence electrons. The van der Waals surface area contributed by atoms with Crippen LogP contribution >= 0.6 is 11.6 Å². The minimum absolute atomic E-state index is 0.154. The highest BCUT2D eigenvalue weighted by Gasteiger charge is 2.09. The van der Waals surface area contributed by atoms with Crippen molar-refractivity contribution in [1.82, 2.24) is 10.2 Å². The van der Waals surface area contributed by atoms with Crippen molar-refractivity contribution in [3.63, 3.8) is 0 Å². The standard InChI is InChI=1S/C13H13ClN2O2/c1-2-18-12-6-4-3-5-10(12)11-7-9(8-14)13(17)16-15-11/h3-7H,2,8H2,1H3,(H,16,17). The summed E-state index contributed by atoms with van der Waals surface area (Å²) in [5, 5.41) is 6.47. The number of alkyl halides is 1. The molecule has 18 heavy (non-hydrogen) atoms. The predicted molar refractivity (Wildman–Crippen MR) is 71.0 cm³/mol. The van der Waals surface area contributed by atoms with E-state index in [1.54, 1.807) is 6.07 Å². The van der Waals surface area contributed by atoms with E-state index in [9.17, 15) is 4.79 Å². The molecule has 0 bridgehead atoms. The molecule has 0 aliphatic rings. The SMILES string of the molecule is CCOc1ccccc1-c1cc(CCl)c(=O)[nH]n1. The zero-order valence-electron chi connectivity index (χ0n) is 9.94. The second kappa shape index (κ2) is 5.69. The molecule has 5 heteroatoms. The fourth-order valence-corrected chi connectivity index (χ4v) is 1.84. The lowest BCUT2D eigenvalue weighted by molar-refractivity contribution is 0.341. The van der Waals surface area contributed by atoms with E-state index in [4.69, 9.17) is 16.3 Å². The van der Waals surface area contributed by atoms with Gasteiger partial charge in [-0.2, -0.15) is 5.10 Å². The largest absolute Gasteiger partial charge is 0.493 e. The molecule has 0 amide bonds. The van der Waals surface area contributed by atoms with Crippen molar-refractivity contribution in [2.45, 2.75) is 12.8 Å². The first-order valence-corrected chi connectivity index (χ1v) is 6.16. The quantitative estimate of drug-likeness (QED) is 0.864. The van der Waals surface area contributed by atoms with Crippen LogP contribution < -0.4 is 10.3 Å². The van der Waals surface area contributed by atoms with Crippen LogP contribution in [0.3, 0.4) is 0 Å². The molecular formula is C13H13ClN2O2. The number of nitrogens with zero attached hydrogens (tertiary/aromatic N) is 1. The van der Waals surface area contributed by atoms with Crippen LogP contribution in [0.1, 0.15) is 12.5 Å². The maximum atomic E-state index is 11.4. The van der Waals surface area contributed by atoms with Crippen LogP contribution in [0.5, 0.6) is 5.75 Å². The van der Waals surface area contributed by atoms with Gasteiger partial charge in [0, 0.05) is 11.1 Å². The number of aromatic nitrogens is 2. The van der Waals surface area contributed by atoms with Crippen LogP contribution in [0, 0.1) is 0 Å². The number of hydrogen-bond acceptors (Lipinski definition) is 3.